The van der Waals surface area contributed by atoms with Crippen molar-refractivity contribution in [2.75, 3.05) is 0 Å². The third-order valence-corrected chi connectivity index (χ3v) is 4.00. The predicted molar refractivity (Wildman–Crippen MR) is 83.6 cm³/mol. The molecular weight excluding hydrogens is 370 g/mol. The Hall–Kier alpha value is -0.540. The number of Topliss-reactive ketones (excluding diaryl/α,β-unsaturated/α-hetero) is 1. The van der Waals surface area contributed by atoms with E-state index in [2.05, 4.69) is 15.9 Å². The molecule has 0 radical (unpaired) electrons. The summed E-state index contributed by atoms with van der Waals surface area (Å²) in [7, 11) is 0. The lowest BCUT2D eigenvalue weighted by atomic mass is 10.0. The second kappa shape index (κ2) is 6.27. The van der Waals surface area contributed by atoms with E-state index in [0.717, 1.165) is 10.0 Å². The number of carbonyl (C=O) groups is 1. The van der Waals surface area contributed by atoms with Crippen LogP contribution in [0.3, 0.4) is 0 Å². The highest BCUT2D eigenvalue weighted by molar-refractivity contribution is 9.10. The summed E-state index contributed by atoms with van der Waals surface area (Å²) in [6.07, 6.45) is 0.187. The van der Waals surface area contributed by atoms with E-state index in [9.17, 15) is 4.79 Å². The van der Waals surface area contributed by atoms with Gasteiger partial charge in [-0.15, -0.1) is 0 Å². The van der Waals surface area contributed by atoms with Gasteiger partial charge in [-0.1, -0.05) is 56.8 Å². The van der Waals surface area contributed by atoms with E-state index in [1.54, 1.807) is 36.4 Å². The Balaban J connectivity index is 2.28. The summed E-state index contributed by atoms with van der Waals surface area (Å²) in [5, 5.41) is 1.45. The highest BCUT2D eigenvalue weighted by atomic mass is 79.9. The van der Waals surface area contributed by atoms with E-state index >= 15 is 0 Å². The number of benzene rings is 2. The second-order valence-corrected chi connectivity index (χ2v) is 6.13. The summed E-state index contributed by atoms with van der Waals surface area (Å²) in [5.41, 5.74) is 1.20. The first-order chi connectivity index (χ1) is 8.97. The molecule has 0 aliphatic rings. The highest BCUT2D eigenvalue weighted by Gasteiger charge is 2.13. The first kappa shape index (κ1) is 14.9. The van der Waals surface area contributed by atoms with Crippen molar-refractivity contribution in [1.29, 1.82) is 0 Å². The fourth-order valence-electron chi connectivity index (χ4n) is 1.64. The van der Waals surface area contributed by atoms with Crippen LogP contribution in [0.2, 0.25) is 15.1 Å². The van der Waals surface area contributed by atoms with Gasteiger partial charge in [0.25, 0.3) is 0 Å². The van der Waals surface area contributed by atoms with Gasteiger partial charge >= 0.3 is 0 Å². The van der Waals surface area contributed by atoms with Crippen molar-refractivity contribution in [3.05, 3.63) is 67.1 Å². The molecule has 98 valence electrons. The average Bonchev–Trinajstić information content (AvgIpc) is 2.35. The van der Waals surface area contributed by atoms with E-state index in [4.69, 9.17) is 34.8 Å². The van der Waals surface area contributed by atoms with Crippen LogP contribution in [0.5, 0.6) is 0 Å². The maximum absolute atomic E-state index is 12.2. The second-order valence-electron chi connectivity index (χ2n) is 3.96. The molecule has 0 unspecified atom stereocenters. The molecule has 0 heterocycles. The average molecular weight is 378 g/mol. The Morgan fingerprint density at radius 1 is 1.00 bits per heavy atom. The fraction of sp³-hybridized carbons (Fsp3) is 0.0714. The smallest absolute Gasteiger partial charge is 0.168 e. The van der Waals surface area contributed by atoms with E-state index in [1.165, 1.54) is 0 Å². The number of rotatable bonds is 3. The van der Waals surface area contributed by atoms with Crippen LogP contribution in [0.25, 0.3) is 0 Å². The zero-order valence-electron chi connectivity index (χ0n) is 9.59. The number of hydrogen-bond acceptors (Lipinski definition) is 1. The maximum Gasteiger partial charge on any atom is 0.168 e. The molecule has 0 atom stereocenters. The first-order valence-electron chi connectivity index (χ1n) is 5.39. The monoisotopic (exact) mass is 376 g/mol. The minimum absolute atomic E-state index is 0.0875. The lowest BCUT2D eigenvalue weighted by molar-refractivity contribution is 0.0993. The van der Waals surface area contributed by atoms with Gasteiger partial charge in [0.2, 0.25) is 0 Å². The molecule has 2 aromatic rings. The Morgan fingerprint density at radius 2 is 1.74 bits per heavy atom. The molecule has 0 saturated heterocycles. The molecular formula is C14H8BrCl3O. The molecule has 1 nitrogen and oxygen atoms in total. The molecule has 0 aliphatic carbocycles. The van der Waals surface area contributed by atoms with Gasteiger partial charge < -0.3 is 0 Å². The molecule has 0 N–H and O–H groups in total. The van der Waals surface area contributed by atoms with E-state index in [-0.39, 0.29) is 12.2 Å². The summed E-state index contributed by atoms with van der Waals surface area (Å²) in [4.78, 5) is 12.2. The summed E-state index contributed by atoms with van der Waals surface area (Å²) < 4.78 is 0.808. The van der Waals surface area contributed by atoms with Gasteiger partial charge in [0.05, 0.1) is 5.02 Å². The molecule has 5 heteroatoms. The van der Waals surface area contributed by atoms with Crippen molar-refractivity contribution < 1.29 is 4.79 Å². The molecule has 0 aliphatic heterocycles. The number of ketones is 1. The minimum atomic E-state index is -0.0875. The quantitative estimate of drug-likeness (QED) is 0.614. The highest BCUT2D eigenvalue weighted by Crippen LogP contribution is 2.25. The summed E-state index contributed by atoms with van der Waals surface area (Å²) >= 11 is 21.2. The van der Waals surface area contributed by atoms with Gasteiger partial charge in [0.15, 0.2) is 5.78 Å². The Morgan fingerprint density at radius 3 is 2.42 bits per heavy atom. The van der Waals surface area contributed by atoms with Crippen LogP contribution in [0.4, 0.5) is 0 Å². The lowest BCUT2D eigenvalue weighted by Gasteiger charge is -2.06. The van der Waals surface area contributed by atoms with Crippen molar-refractivity contribution in [1.82, 2.24) is 0 Å². The van der Waals surface area contributed by atoms with E-state index in [1.807, 2.05) is 0 Å². The van der Waals surface area contributed by atoms with Gasteiger partial charge in [0.1, 0.15) is 0 Å². The van der Waals surface area contributed by atoms with Gasteiger partial charge in [-0.2, -0.15) is 0 Å². The van der Waals surface area contributed by atoms with Gasteiger partial charge in [-0.3, -0.25) is 4.79 Å². The van der Waals surface area contributed by atoms with Crippen molar-refractivity contribution >= 4 is 56.5 Å². The Kier molecular flexibility index (Phi) is 4.91. The predicted octanol–water partition coefficient (Wildman–Crippen LogP) is 5.83. The van der Waals surface area contributed by atoms with Crippen LogP contribution >= 0.6 is 50.7 Å². The molecule has 0 aromatic heterocycles. The standard InChI is InChI=1S/C14H8BrCl3O/c15-9-2-4-12(17)11(6-9)14(19)5-8-1-3-10(16)7-13(8)18/h1-4,6-7H,5H2. The molecule has 0 fully saturated rings. The minimum Gasteiger partial charge on any atom is -0.294 e. The van der Waals surface area contributed by atoms with Crippen molar-refractivity contribution in [3.8, 4) is 0 Å². The maximum atomic E-state index is 12.2. The molecule has 0 amide bonds. The van der Waals surface area contributed by atoms with Gasteiger partial charge in [-0.25, -0.2) is 0 Å². The van der Waals surface area contributed by atoms with E-state index in [0.29, 0.717) is 20.6 Å². The summed E-state index contributed by atoms with van der Waals surface area (Å²) in [6.45, 7) is 0. The Bertz CT molecular complexity index is 641. The van der Waals surface area contributed by atoms with Crippen LogP contribution in [0, 0.1) is 0 Å². The third-order valence-electron chi connectivity index (χ3n) is 2.59. The molecule has 19 heavy (non-hydrogen) atoms. The van der Waals surface area contributed by atoms with Crippen LogP contribution < -0.4 is 0 Å². The van der Waals surface area contributed by atoms with Crippen molar-refractivity contribution in [2.45, 2.75) is 6.42 Å². The summed E-state index contributed by atoms with van der Waals surface area (Å²) in [6, 6.07) is 10.2. The van der Waals surface area contributed by atoms with Crippen LogP contribution in [0.15, 0.2) is 40.9 Å². The van der Waals surface area contributed by atoms with Crippen molar-refractivity contribution in [2.24, 2.45) is 0 Å². The first-order valence-corrected chi connectivity index (χ1v) is 7.32. The van der Waals surface area contributed by atoms with Gasteiger partial charge in [0, 0.05) is 26.5 Å². The Labute approximate surface area is 134 Å². The molecule has 2 rings (SSSR count). The summed E-state index contributed by atoms with van der Waals surface area (Å²) in [5.74, 6) is -0.0875. The third kappa shape index (κ3) is 3.73. The molecule has 0 saturated carbocycles. The topological polar surface area (TPSA) is 17.1 Å². The molecule has 0 spiro atoms. The van der Waals surface area contributed by atoms with Crippen molar-refractivity contribution in [3.63, 3.8) is 0 Å². The number of carbonyl (C=O) groups excluding carboxylic acids is 1. The SMILES string of the molecule is O=C(Cc1ccc(Cl)cc1Cl)c1cc(Br)ccc1Cl. The van der Waals surface area contributed by atoms with Gasteiger partial charge in [-0.05, 0) is 35.9 Å². The molecule has 2 aromatic carbocycles. The molecule has 0 bridgehead atoms. The van der Waals surface area contributed by atoms with Crippen LogP contribution in [-0.4, -0.2) is 5.78 Å². The zero-order chi connectivity index (χ0) is 14.0. The largest absolute Gasteiger partial charge is 0.294 e. The normalized spacial score (nSPS) is 10.5. The zero-order valence-corrected chi connectivity index (χ0v) is 13.4. The number of halogens is 4. The van der Waals surface area contributed by atoms with Crippen LogP contribution in [0.1, 0.15) is 15.9 Å². The number of hydrogen-bond donors (Lipinski definition) is 0. The van der Waals surface area contributed by atoms with E-state index < -0.39 is 0 Å². The fourth-order valence-corrected chi connectivity index (χ4v) is 2.70. The lowest BCUT2D eigenvalue weighted by Crippen LogP contribution is -2.05. The van der Waals surface area contributed by atoms with Crippen LogP contribution in [-0.2, 0) is 6.42 Å².